The van der Waals surface area contributed by atoms with Crippen molar-refractivity contribution in [3.05, 3.63) is 0 Å². The van der Waals surface area contributed by atoms with Gasteiger partial charge in [-0.05, 0) is 25.2 Å². The summed E-state index contributed by atoms with van der Waals surface area (Å²) in [5.41, 5.74) is 0. The molecule has 116 valence electrons. The van der Waals surface area contributed by atoms with Gasteiger partial charge < -0.3 is 15.7 Å². The molecule has 0 aromatic heterocycles. The highest BCUT2D eigenvalue weighted by Crippen LogP contribution is 2.34. The zero-order chi connectivity index (χ0) is 15.3. The molecule has 0 heterocycles. The highest BCUT2D eigenvalue weighted by molar-refractivity contribution is 7.90. The number of carboxylic acid groups (broad SMARTS) is 1. The first-order valence-corrected chi connectivity index (χ1v) is 8.76. The fourth-order valence-electron chi connectivity index (χ4n) is 2.07. The van der Waals surface area contributed by atoms with Crippen LogP contribution in [0.2, 0.25) is 0 Å². The Morgan fingerprint density at radius 3 is 2.55 bits per heavy atom. The van der Waals surface area contributed by atoms with Gasteiger partial charge in [-0.2, -0.15) is 0 Å². The molecule has 1 saturated carbocycles. The van der Waals surface area contributed by atoms with Crippen molar-refractivity contribution < 1.29 is 23.1 Å². The molecule has 0 saturated heterocycles. The van der Waals surface area contributed by atoms with E-state index >= 15 is 0 Å². The van der Waals surface area contributed by atoms with Crippen LogP contribution in [0.1, 0.15) is 32.6 Å². The van der Waals surface area contributed by atoms with Gasteiger partial charge in [0, 0.05) is 12.3 Å². The van der Waals surface area contributed by atoms with Gasteiger partial charge >= 0.3 is 12.0 Å². The van der Waals surface area contributed by atoms with Crippen molar-refractivity contribution in [1.29, 1.82) is 0 Å². The average Bonchev–Trinajstić information content (AvgIpc) is 3.01. The molecular weight excluding hydrogens is 284 g/mol. The summed E-state index contributed by atoms with van der Waals surface area (Å²) in [7, 11) is -3.25. The molecule has 3 N–H and O–H groups in total. The number of rotatable bonds is 8. The van der Waals surface area contributed by atoms with Crippen LogP contribution in [-0.4, -0.2) is 49.6 Å². The van der Waals surface area contributed by atoms with E-state index in [4.69, 9.17) is 5.11 Å². The second-order valence-electron chi connectivity index (χ2n) is 5.32. The molecule has 2 amide bonds. The van der Waals surface area contributed by atoms with E-state index in [1.165, 1.54) is 0 Å². The van der Waals surface area contributed by atoms with Crippen molar-refractivity contribution in [2.75, 3.05) is 12.0 Å². The number of carboxylic acids is 1. The highest BCUT2D eigenvalue weighted by Gasteiger charge is 2.37. The summed E-state index contributed by atoms with van der Waals surface area (Å²) in [4.78, 5) is 22.6. The van der Waals surface area contributed by atoms with Crippen molar-refractivity contribution in [2.45, 2.75) is 44.7 Å². The molecule has 1 aliphatic carbocycles. The van der Waals surface area contributed by atoms with E-state index in [0.29, 0.717) is 5.92 Å². The topological polar surface area (TPSA) is 113 Å². The van der Waals surface area contributed by atoms with E-state index in [2.05, 4.69) is 17.6 Å². The molecule has 0 aromatic carbocycles. The molecule has 0 spiro atoms. The van der Waals surface area contributed by atoms with Crippen LogP contribution in [0.3, 0.4) is 0 Å². The number of carbonyl (C=O) groups excluding carboxylic acids is 1. The molecule has 3 atom stereocenters. The fourth-order valence-corrected chi connectivity index (χ4v) is 2.74. The quantitative estimate of drug-likeness (QED) is 0.599. The first-order chi connectivity index (χ1) is 9.23. The molecule has 1 aliphatic rings. The molecule has 1 fully saturated rings. The first kappa shape index (κ1) is 16.7. The summed E-state index contributed by atoms with van der Waals surface area (Å²) < 4.78 is 22.1. The van der Waals surface area contributed by atoms with E-state index in [1.54, 1.807) is 0 Å². The number of urea groups is 1. The second-order valence-corrected chi connectivity index (χ2v) is 7.58. The fraction of sp³-hybridized carbons (Fsp3) is 0.833. The van der Waals surface area contributed by atoms with E-state index in [-0.39, 0.29) is 18.2 Å². The van der Waals surface area contributed by atoms with Gasteiger partial charge in [0.05, 0.1) is 5.75 Å². The van der Waals surface area contributed by atoms with Gasteiger partial charge in [-0.1, -0.05) is 13.3 Å². The SMILES string of the molecule is CCCC1CC1NC(=O)NC(CCS(C)(=O)=O)C(=O)O. The number of hydrogen-bond acceptors (Lipinski definition) is 4. The number of amides is 2. The monoisotopic (exact) mass is 306 g/mol. The minimum absolute atomic E-state index is 0.110. The van der Waals surface area contributed by atoms with Gasteiger partial charge in [-0.3, -0.25) is 0 Å². The van der Waals surface area contributed by atoms with E-state index in [0.717, 1.165) is 25.5 Å². The molecule has 0 aliphatic heterocycles. The van der Waals surface area contributed by atoms with Crippen LogP contribution >= 0.6 is 0 Å². The largest absolute Gasteiger partial charge is 0.480 e. The van der Waals surface area contributed by atoms with Crippen LogP contribution in [0.4, 0.5) is 4.79 Å². The Kier molecular flexibility index (Phi) is 5.79. The summed E-state index contributed by atoms with van der Waals surface area (Å²) in [5.74, 6) is -1.03. The molecule has 8 heteroatoms. The van der Waals surface area contributed by atoms with Crippen molar-refractivity contribution in [2.24, 2.45) is 5.92 Å². The zero-order valence-electron chi connectivity index (χ0n) is 11.8. The van der Waals surface area contributed by atoms with Crippen LogP contribution in [-0.2, 0) is 14.6 Å². The number of hydrogen-bond donors (Lipinski definition) is 3. The van der Waals surface area contributed by atoms with Gasteiger partial charge in [0.2, 0.25) is 0 Å². The zero-order valence-corrected chi connectivity index (χ0v) is 12.6. The first-order valence-electron chi connectivity index (χ1n) is 6.70. The minimum atomic E-state index is -3.25. The summed E-state index contributed by atoms with van der Waals surface area (Å²) in [5, 5.41) is 14.0. The molecule has 1 rings (SSSR count). The summed E-state index contributed by atoms with van der Waals surface area (Å²) in [6.45, 7) is 2.07. The van der Waals surface area contributed by atoms with Crippen molar-refractivity contribution in [3.63, 3.8) is 0 Å². The molecule has 3 unspecified atom stereocenters. The van der Waals surface area contributed by atoms with Crippen LogP contribution in [0.25, 0.3) is 0 Å². The minimum Gasteiger partial charge on any atom is -0.480 e. The third kappa shape index (κ3) is 6.23. The maximum Gasteiger partial charge on any atom is 0.326 e. The second kappa shape index (κ2) is 6.92. The number of nitrogens with one attached hydrogen (secondary N) is 2. The average molecular weight is 306 g/mol. The Morgan fingerprint density at radius 2 is 2.05 bits per heavy atom. The maximum absolute atomic E-state index is 11.6. The standard InChI is InChI=1S/C12H22N2O5S/c1-3-4-8-7-10(8)14-12(17)13-9(11(15)16)5-6-20(2,18)19/h8-10H,3-7H2,1-2H3,(H,15,16)(H2,13,14,17). The Bertz CT molecular complexity index is 462. The van der Waals surface area contributed by atoms with Crippen LogP contribution in [0, 0.1) is 5.92 Å². The Morgan fingerprint density at radius 1 is 1.40 bits per heavy atom. The van der Waals surface area contributed by atoms with E-state index in [1.807, 2.05) is 0 Å². The summed E-state index contributed by atoms with van der Waals surface area (Å²) in [6, 6.07) is -1.62. The Hall–Kier alpha value is -1.31. The van der Waals surface area contributed by atoms with Gasteiger partial charge in [-0.25, -0.2) is 18.0 Å². The lowest BCUT2D eigenvalue weighted by Crippen LogP contribution is -2.47. The third-order valence-electron chi connectivity index (χ3n) is 3.28. The molecule has 7 nitrogen and oxygen atoms in total. The molecule has 20 heavy (non-hydrogen) atoms. The summed E-state index contributed by atoms with van der Waals surface area (Å²) >= 11 is 0. The third-order valence-corrected chi connectivity index (χ3v) is 4.26. The van der Waals surface area contributed by atoms with E-state index in [9.17, 15) is 18.0 Å². The molecule has 0 radical (unpaired) electrons. The lowest BCUT2D eigenvalue weighted by Gasteiger charge is -2.14. The van der Waals surface area contributed by atoms with Crippen LogP contribution in [0.5, 0.6) is 0 Å². The van der Waals surface area contributed by atoms with Crippen LogP contribution in [0.15, 0.2) is 0 Å². The lowest BCUT2D eigenvalue weighted by atomic mass is 10.2. The van der Waals surface area contributed by atoms with Crippen molar-refractivity contribution in [3.8, 4) is 0 Å². The number of carbonyl (C=O) groups is 2. The Balaban J connectivity index is 2.38. The van der Waals surface area contributed by atoms with E-state index < -0.39 is 27.9 Å². The highest BCUT2D eigenvalue weighted by atomic mass is 32.2. The lowest BCUT2D eigenvalue weighted by molar-refractivity contribution is -0.139. The van der Waals surface area contributed by atoms with Crippen molar-refractivity contribution >= 4 is 21.8 Å². The number of sulfone groups is 1. The molecular formula is C12H22N2O5S. The predicted octanol–water partition coefficient (Wildman–Crippen LogP) is 0.362. The van der Waals surface area contributed by atoms with Crippen LogP contribution < -0.4 is 10.6 Å². The number of aliphatic carboxylic acids is 1. The maximum atomic E-state index is 11.6. The van der Waals surface area contributed by atoms with Crippen molar-refractivity contribution in [1.82, 2.24) is 10.6 Å². The van der Waals surface area contributed by atoms with Gasteiger partial charge in [0.25, 0.3) is 0 Å². The summed E-state index contributed by atoms with van der Waals surface area (Å²) in [6.07, 6.45) is 3.91. The molecule has 0 aromatic rings. The predicted molar refractivity (Wildman–Crippen MR) is 74.2 cm³/mol. The van der Waals surface area contributed by atoms with Gasteiger partial charge in [0.15, 0.2) is 0 Å². The van der Waals surface area contributed by atoms with Gasteiger partial charge in [-0.15, -0.1) is 0 Å². The normalized spacial score (nSPS) is 22.9. The Labute approximate surface area is 119 Å². The smallest absolute Gasteiger partial charge is 0.326 e. The van der Waals surface area contributed by atoms with Gasteiger partial charge in [0.1, 0.15) is 15.9 Å². The molecule has 0 bridgehead atoms.